The molecule has 0 saturated heterocycles. The molecule has 1 aromatic carbocycles. The van der Waals surface area contributed by atoms with Crippen molar-refractivity contribution >= 4 is 34.5 Å². The number of nitrogens with zero attached hydrogens (tertiary/aromatic N) is 1. The molecule has 1 aromatic heterocycles. The Hall–Kier alpha value is -0.740. The molecule has 0 saturated carbocycles. The lowest BCUT2D eigenvalue weighted by molar-refractivity contribution is 0.226. The summed E-state index contributed by atoms with van der Waals surface area (Å²) in [5.41, 5.74) is 0. The van der Waals surface area contributed by atoms with Crippen LogP contribution in [0.4, 0.5) is 0 Å². The summed E-state index contributed by atoms with van der Waals surface area (Å²) in [6.07, 6.45) is 0.909. The molecule has 1 heterocycles. The number of ether oxygens (including phenoxy) is 1. The van der Waals surface area contributed by atoms with Crippen molar-refractivity contribution in [2.24, 2.45) is 0 Å². The van der Waals surface area contributed by atoms with Gasteiger partial charge in [-0.3, -0.25) is 0 Å². The Morgan fingerprint density at radius 3 is 2.65 bits per heavy atom. The fourth-order valence-electron chi connectivity index (χ4n) is 2.01. The Labute approximate surface area is 133 Å². The average Bonchev–Trinajstić information content (AvgIpc) is 2.90. The highest BCUT2D eigenvalue weighted by Crippen LogP contribution is 2.29. The standard InChI is InChI=1S/C15H17Cl2NOS/c1-18(2)13(15-4-3-9-20-15)7-8-19-14-6-5-11(16)10-12(14)17/h3-6,9-10,13H,7-8H2,1-2H3. The van der Waals surface area contributed by atoms with E-state index < -0.39 is 0 Å². The zero-order valence-corrected chi connectivity index (χ0v) is 13.8. The summed E-state index contributed by atoms with van der Waals surface area (Å²) in [5.74, 6) is 0.680. The summed E-state index contributed by atoms with van der Waals surface area (Å²) in [7, 11) is 4.17. The van der Waals surface area contributed by atoms with E-state index in [9.17, 15) is 0 Å². The fourth-order valence-corrected chi connectivity index (χ4v) is 3.43. The second-order valence-corrected chi connectivity index (χ2v) is 6.53. The first-order valence-corrected chi connectivity index (χ1v) is 7.99. The van der Waals surface area contributed by atoms with Crippen LogP contribution in [0.1, 0.15) is 17.3 Å². The summed E-state index contributed by atoms with van der Waals surface area (Å²) in [5, 5.41) is 3.27. The largest absolute Gasteiger partial charge is 0.492 e. The van der Waals surface area contributed by atoms with Gasteiger partial charge in [-0.2, -0.15) is 0 Å². The highest BCUT2D eigenvalue weighted by molar-refractivity contribution is 7.10. The molecule has 1 atom stereocenters. The summed E-state index contributed by atoms with van der Waals surface area (Å²) in [6, 6.07) is 9.88. The number of rotatable bonds is 6. The maximum atomic E-state index is 6.09. The van der Waals surface area contributed by atoms with Gasteiger partial charge in [-0.15, -0.1) is 11.3 Å². The molecule has 2 aromatic rings. The van der Waals surface area contributed by atoms with Gasteiger partial charge in [-0.05, 0) is 43.7 Å². The summed E-state index contributed by atoms with van der Waals surface area (Å²) < 4.78 is 5.76. The van der Waals surface area contributed by atoms with Gasteiger partial charge in [0.25, 0.3) is 0 Å². The Morgan fingerprint density at radius 2 is 2.05 bits per heavy atom. The molecule has 2 nitrogen and oxygen atoms in total. The second-order valence-electron chi connectivity index (χ2n) is 4.71. The minimum absolute atomic E-state index is 0.362. The van der Waals surface area contributed by atoms with E-state index in [0.29, 0.717) is 28.4 Å². The molecule has 0 spiro atoms. The van der Waals surface area contributed by atoms with Crippen molar-refractivity contribution in [3.63, 3.8) is 0 Å². The molecule has 0 fully saturated rings. The normalized spacial score (nSPS) is 12.7. The smallest absolute Gasteiger partial charge is 0.137 e. The van der Waals surface area contributed by atoms with E-state index in [2.05, 4.69) is 36.5 Å². The summed E-state index contributed by atoms with van der Waals surface area (Å²) in [4.78, 5) is 3.55. The minimum Gasteiger partial charge on any atom is -0.492 e. The van der Waals surface area contributed by atoms with E-state index >= 15 is 0 Å². The van der Waals surface area contributed by atoms with Crippen LogP contribution in [0.5, 0.6) is 5.75 Å². The molecule has 0 amide bonds. The Balaban J connectivity index is 1.94. The molecule has 5 heteroatoms. The fraction of sp³-hybridized carbons (Fsp3) is 0.333. The zero-order chi connectivity index (χ0) is 14.5. The van der Waals surface area contributed by atoms with Gasteiger partial charge >= 0.3 is 0 Å². The van der Waals surface area contributed by atoms with Gasteiger partial charge in [-0.1, -0.05) is 29.3 Å². The molecule has 2 rings (SSSR count). The van der Waals surface area contributed by atoms with E-state index in [0.717, 1.165) is 6.42 Å². The third-order valence-electron chi connectivity index (χ3n) is 3.04. The van der Waals surface area contributed by atoms with E-state index in [1.165, 1.54) is 4.88 Å². The zero-order valence-electron chi connectivity index (χ0n) is 11.5. The highest BCUT2D eigenvalue weighted by Gasteiger charge is 2.15. The monoisotopic (exact) mass is 329 g/mol. The van der Waals surface area contributed by atoms with Crippen molar-refractivity contribution in [2.75, 3.05) is 20.7 Å². The molecule has 0 N–H and O–H groups in total. The van der Waals surface area contributed by atoms with Crippen LogP contribution in [0, 0.1) is 0 Å². The molecular weight excluding hydrogens is 313 g/mol. The lowest BCUT2D eigenvalue weighted by Gasteiger charge is -2.23. The molecule has 0 aliphatic rings. The topological polar surface area (TPSA) is 12.5 Å². The van der Waals surface area contributed by atoms with Gasteiger partial charge in [0, 0.05) is 22.4 Å². The van der Waals surface area contributed by atoms with Gasteiger partial charge in [0.1, 0.15) is 5.75 Å². The van der Waals surface area contributed by atoms with Crippen molar-refractivity contribution < 1.29 is 4.74 Å². The molecule has 20 heavy (non-hydrogen) atoms. The maximum Gasteiger partial charge on any atom is 0.137 e. The average molecular weight is 330 g/mol. The van der Waals surface area contributed by atoms with E-state index in [1.807, 2.05) is 0 Å². The maximum absolute atomic E-state index is 6.09. The van der Waals surface area contributed by atoms with Crippen LogP contribution < -0.4 is 4.74 Å². The number of thiophene rings is 1. The third-order valence-corrected chi connectivity index (χ3v) is 4.54. The minimum atomic E-state index is 0.362. The number of halogens is 2. The van der Waals surface area contributed by atoms with Crippen LogP contribution >= 0.6 is 34.5 Å². The van der Waals surface area contributed by atoms with E-state index in [4.69, 9.17) is 27.9 Å². The Morgan fingerprint density at radius 1 is 1.25 bits per heavy atom. The lowest BCUT2D eigenvalue weighted by Crippen LogP contribution is -2.21. The van der Waals surface area contributed by atoms with Crippen molar-refractivity contribution in [3.05, 3.63) is 50.6 Å². The van der Waals surface area contributed by atoms with E-state index in [-0.39, 0.29) is 0 Å². The molecule has 108 valence electrons. The third kappa shape index (κ3) is 4.13. The van der Waals surface area contributed by atoms with Crippen LogP contribution in [0.15, 0.2) is 35.7 Å². The number of hydrogen-bond acceptors (Lipinski definition) is 3. The summed E-state index contributed by atoms with van der Waals surface area (Å²) >= 11 is 13.7. The molecule has 0 radical (unpaired) electrons. The van der Waals surface area contributed by atoms with Crippen molar-refractivity contribution in [1.29, 1.82) is 0 Å². The lowest BCUT2D eigenvalue weighted by atomic mass is 10.1. The van der Waals surface area contributed by atoms with Crippen LogP contribution in [0.25, 0.3) is 0 Å². The van der Waals surface area contributed by atoms with Crippen LogP contribution in [0.2, 0.25) is 10.0 Å². The van der Waals surface area contributed by atoms with Gasteiger partial charge in [0.15, 0.2) is 0 Å². The predicted octanol–water partition coefficient (Wildman–Crippen LogP) is 5.13. The molecule has 0 aliphatic heterocycles. The quantitative estimate of drug-likeness (QED) is 0.728. The van der Waals surface area contributed by atoms with Gasteiger partial charge in [-0.25, -0.2) is 0 Å². The first kappa shape index (κ1) is 15.6. The Bertz CT molecular complexity index is 543. The Kier molecular flexibility index (Phi) is 5.73. The highest BCUT2D eigenvalue weighted by atomic mass is 35.5. The molecule has 0 aliphatic carbocycles. The molecular formula is C15H17Cl2NOS. The summed E-state index contributed by atoms with van der Waals surface area (Å²) in [6.45, 7) is 0.613. The van der Waals surface area contributed by atoms with Crippen LogP contribution in [0.3, 0.4) is 0 Å². The van der Waals surface area contributed by atoms with Crippen LogP contribution in [-0.2, 0) is 0 Å². The van der Waals surface area contributed by atoms with E-state index in [1.54, 1.807) is 29.5 Å². The van der Waals surface area contributed by atoms with Crippen molar-refractivity contribution in [2.45, 2.75) is 12.5 Å². The van der Waals surface area contributed by atoms with Gasteiger partial charge in [0.2, 0.25) is 0 Å². The predicted molar refractivity (Wildman–Crippen MR) is 87.3 cm³/mol. The number of benzene rings is 1. The van der Waals surface area contributed by atoms with Crippen molar-refractivity contribution in [3.8, 4) is 5.75 Å². The first-order chi connectivity index (χ1) is 9.58. The van der Waals surface area contributed by atoms with Crippen molar-refractivity contribution in [1.82, 2.24) is 4.90 Å². The molecule has 0 bridgehead atoms. The van der Waals surface area contributed by atoms with Gasteiger partial charge in [0.05, 0.1) is 11.6 Å². The van der Waals surface area contributed by atoms with Crippen LogP contribution in [-0.4, -0.2) is 25.6 Å². The molecule has 1 unspecified atom stereocenters. The first-order valence-electron chi connectivity index (χ1n) is 6.35. The number of hydrogen-bond donors (Lipinski definition) is 0. The van der Waals surface area contributed by atoms with Gasteiger partial charge < -0.3 is 9.64 Å². The second kappa shape index (κ2) is 7.32. The SMILES string of the molecule is CN(C)C(CCOc1ccc(Cl)cc1Cl)c1cccs1.